The maximum absolute atomic E-state index is 11.3. The number of nitrogens with one attached hydrogen (secondary N) is 1. The van der Waals surface area contributed by atoms with Gasteiger partial charge in [-0.15, -0.1) is 0 Å². The van der Waals surface area contributed by atoms with E-state index in [4.69, 9.17) is 0 Å². The average Bonchev–Trinajstić information content (AvgIpc) is 2.23. The average molecular weight is 220 g/mol. The number of rotatable bonds is 7. The zero-order valence-electron chi connectivity index (χ0n) is 10.3. The summed E-state index contributed by atoms with van der Waals surface area (Å²) in [5, 5.41) is 14.5. The number of aryl methyl sites for hydroxylation is 1. The highest BCUT2D eigenvalue weighted by molar-refractivity contribution is 5.14. The highest BCUT2D eigenvalue weighted by Gasteiger charge is 2.13. The molecule has 0 bridgehead atoms. The van der Waals surface area contributed by atoms with Gasteiger partial charge in [-0.2, -0.15) is 0 Å². The number of hydrogen-bond donors (Lipinski definition) is 1. The Bertz CT molecular complexity index is 277. The Balaban J connectivity index is 2.01. The molecule has 0 atom stereocenters. The Morgan fingerprint density at radius 3 is 2.44 bits per heavy atom. The van der Waals surface area contributed by atoms with Gasteiger partial charge < -0.3 is 5.32 Å². The molecule has 0 amide bonds. The van der Waals surface area contributed by atoms with Gasteiger partial charge in [0, 0.05) is 6.54 Å². The van der Waals surface area contributed by atoms with E-state index in [1.54, 1.807) is 13.8 Å². The first kappa shape index (κ1) is 13.2. The van der Waals surface area contributed by atoms with Crippen molar-refractivity contribution in [3.8, 4) is 0 Å². The predicted octanol–water partition coefficient (Wildman–Crippen LogP) is 2.81. The molecular formula is C14H22NO. The fourth-order valence-electron chi connectivity index (χ4n) is 1.61. The van der Waals surface area contributed by atoms with Gasteiger partial charge in [0.05, 0.1) is 0 Å². The second-order valence-corrected chi connectivity index (χ2v) is 4.88. The molecule has 0 aromatic heterocycles. The predicted molar refractivity (Wildman–Crippen MR) is 67.0 cm³/mol. The molecule has 0 saturated heterocycles. The molecule has 0 fully saturated rings. The van der Waals surface area contributed by atoms with E-state index in [1.165, 1.54) is 12.0 Å². The summed E-state index contributed by atoms with van der Waals surface area (Å²) < 4.78 is 0. The summed E-state index contributed by atoms with van der Waals surface area (Å²) >= 11 is 0. The summed E-state index contributed by atoms with van der Waals surface area (Å²) in [4.78, 5) is 0. The molecular weight excluding hydrogens is 198 g/mol. The Kier molecular flexibility index (Phi) is 5.50. The van der Waals surface area contributed by atoms with Crippen molar-refractivity contribution in [2.75, 3.05) is 13.1 Å². The van der Waals surface area contributed by atoms with Gasteiger partial charge in [-0.25, -0.2) is 5.11 Å². The minimum atomic E-state index is -0.848. The quantitative estimate of drug-likeness (QED) is 0.704. The standard InChI is InChI=1S/C14H22NO/c1-14(2,16)12-15-11-7-6-10-13-8-4-3-5-9-13/h3-5,8-9,15H,6-7,10-12H2,1-2H3. The Morgan fingerprint density at radius 1 is 1.12 bits per heavy atom. The van der Waals surface area contributed by atoms with Gasteiger partial charge in [-0.1, -0.05) is 30.3 Å². The van der Waals surface area contributed by atoms with Crippen molar-refractivity contribution in [1.82, 2.24) is 5.32 Å². The van der Waals surface area contributed by atoms with E-state index < -0.39 is 5.60 Å². The lowest BCUT2D eigenvalue weighted by atomic mass is 10.1. The summed E-state index contributed by atoms with van der Waals surface area (Å²) in [6, 6.07) is 10.5. The van der Waals surface area contributed by atoms with E-state index in [1.807, 2.05) is 6.07 Å². The molecule has 0 aliphatic heterocycles. The Morgan fingerprint density at radius 2 is 1.81 bits per heavy atom. The largest absolute Gasteiger partial charge is 0.314 e. The topological polar surface area (TPSA) is 31.9 Å². The Hall–Kier alpha value is -0.860. The van der Waals surface area contributed by atoms with Crippen LogP contribution in [0.25, 0.3) is 0 Å². The smallest absolute Gasteiger partial charge is 0.110 e. The molecule has 2 nitrogen and oxygen atoms in total. The van der Waals surface area contributed by atoms with Crippen LogP contribution in [0.4, 0.5) is 0 Å². The molecule has 0 spiro atoms. The molecule has 1 N–H and O–H groups in total. The molecule has 2 heteroatoms. The van der Waals surface area contributed by atoms with Gasteiger partial charge in [0.15, 0.2) is 0 Å². The van der Waals surface area contributed by atoms with Gasteiger partial charge >= 0.3 is 0 Å². The molecule has 1 aromatic rings. The van der Waals surface area contributed by atoms with Gasteiger partial charge in [0.2, 0.25) is 0 Å². The SMILES string of the molecule is CC(C)([O])CNCCCCc1ccccc1. The highest BCUT2D eigenvalue weighted by Crippen LogP contribution is 2.04. The van der Waals surface area contributed by atoms with Crippen LogP contribution in [0.2, 0.25) is 0 Å². The van der Waals surface area contributed by atoms with Crippen molar-refractivity contribution in [2.45, 2.75) is 38.7 Å². The van der Waals surface area contributed by atoms with E-state index in [0.717, 1.165) is 19.4 Å². The van der Waals surface area contributed by atoms with Gasteiger partial charge in [0.1, 0.15) is 5.60 Å². The minimum absolute atomic E-state index is 0.554. The number of unbranched alkanes of at least 4 members (excludes halogenated alkanes) is 1. The summed E-state index contributed by atoms with van der Waals surface area (Å²) in [6.07, 6.45) is 3.44. The fraction of sp³-hybridized carbons (Fsp3) is 0.571. The van der Waals surface area contributed by atoms with Crippen molar-refractivity contribution >= 4 is 0 Å². The first-order valence-electron chi connectivity index (χ1n) is 6.03. The van der Waals surface area contributed by atoms with Crippen molar-refractivity contribution < 1.29 is 5.11 Å². The van der Waals surface area contributed by atoms with Crippen LogP contribution in [0.1, 0.15) is 32.3 Å². The normalized spacial score (nSPS) is 11.7. The van der Waals surface area contributed by atoms with Crippen LogP contribution in [-0.4, -0.2) is 18.7 Å². The molecule has 0 saturated carbocycles. The monoisotopic (exact) mass is 220 g/mol. The fourth-order valence-corrected chi connectivity index (χ4v) is 1.61. The summed E-state index contributed by atoms with van der Waals surface area (Å²) in [5.41, 5.74) is 0.547. The van der Waals surface area contributed by atoms with E-state index in [2.05, 4.69) is 29.6 Å². The summed E-state index contributed by atoms with van der Waals surface area (Å²) in [7, 11) is 0. The lowest BCUT2D eigenvalue weighted by Crippen LogP contribution is -2.34. The molecule has 0 unspecified atom stereocenters. The minimum Gasteiger partial charge on any atom is -0.314 e. The summed E-state index contributed by atoms with van der Waals surface area (Å²) in [5.74, 6) is 0. The van der Waals surface area contributed by atoms with Crippen LogP contribution < -0.4 is 5.32 Å². The maximum Gasteiger partial charge on any atom is 0.110 e. The van der Waals surface area contributed by atoms with Crippen LogP contribution in [0.3, 0.4) is 0 Å². The first-order chi connectivity index (χ1) is 7.58. The third kappa shape index (κ3) is 6.59. The second kappa shape index (κ2) is 6.66. The van der Waals surface area contributed by atoms with Gasteiger partial charge in [-0.05, 0) is 45.2 Å². The molecule has 16 heavy (non-hydrogen) atoms. The molecule has 0 aliphatic rings. The second-order valence-electron chi connectivity index (χ2n) is 4.88. The molecule has 1 rings (SSSR count). The molecule has 89 valence electrons. The molecule has 0 aliphatic carbocycles. The zero-order valence-corrected chi connectivity index (χ0v) is 10.3. The van der Waals surface area contributed by atoms with Crippen LogP contribution in [0.15, 0.2) is 30.3 Å². The third-order valence-corrected chi connectivity index (χ3v) is 2.46. The lowest BCUT2D eigenvalue weighted by molar-refractivity contribution is 0.00529. The summed E-state index contributed by atoms with van der Waals surface area (Å²) in [6.45, 7) is 4.92. The van der Waals surface area contributed by atoms with Crippen molar-refractivity contribution in [3.63, 3.8) is 0 Å². The molecule has 1 aromatic carbocycles. The van der Waals surface area contributed by atoms with Crippen LogP contribution in [0, 0.1) is 0 Å². The number of benzene rings is 1. The molecule has 0 heterocycles. The Labute approximate surface area is 98.7 Å². The lowest BCUT2D eigenvalue weighted by Gasteiger charge is -2.14. The van der Waals surface area contributed by atoms with Crippen LogP contribution in [-0.2, 0) is 11.5 Å². The number of hydrogen-bond acceptors (Lipinski definition) is 1. The van der Waals surface area contributed by atoms with Crippen LogP contribution in [0.5, 0.6) is 0 Å². The van der Waals surface area contributed by atoms with E-state index in [-0.39, 0.29) is 0 Å². The van der Waals surface area contributed by atoms with E-state index >= 15 is 0 Å². The maximum atomic E-state index is 11.3. The zero-order chi connectivity index (χ0) is 11.9. The van der Waals surface area contributed by atoms with Crippen molar-refractivity contribution in [1.29, 1.82) is 0 Å². The van der Waals surface area contributed by atoms with Crippen molar-refractivity contribution in [3.05, 3.63) is 35.9 Å². The van der Waals surface area contributed by atoms with Crippen LogP contribution >= 0.6 is 0 Å². The molecule has 1 radical (unpaired) electrons. The van der Waals surface area contributed by atoms with E-state index in [9.17, 15) is 5.11 Å². The van der Waals surface area contributed by atoms with E-state index in [0.29, 0.717) is 6.54 Å². The van der Waals surface area contributed by atoms with Gasteiger partial charge in [-0.3, -0.25) is 0 Å². The first-order valence-corrected chi connectivity index (χ1v) is 6.03. The van der Waals surface area contributed by atoms with Crippen molar-refractivity contribution in [2.24, 2.45) is 0 Å². The highest BCUT2D eigenvalue weighted by atomic mass is 16.3. The third-order valence-electron chi connectivity index (χ3n) is 2.46. The van der Waals surface area contributed by atoms with Gasteiger partial charge in [0.25, 0.3) is 0 Å².